The van der Waals surface area contributed by atoms with Gasteiger partial charge in [0.05, 0.1) is 10.0 Å². The molecule has 0 atom stereocenters. The number of hydrogen-bond donors (Lipinski definition) is 1. The Labute approximate surface area is 203 Å². The van der Waals surface area contributed by atoms with Gasteiger partial charge in [-0.25, -0.2) is 0 Å². The van der Waals surface area contributed by atoms with E-state index in [4.69, 9.17) is 28.9 Å². The van der Waals surface area contributed by atoms with Gasteiger partial charge in [-0.3, -0.25) is 19.2 Å². The fraction of sp³-hybridized carbons (Fsp3) is 0.478. The number of nitrogens with two attached hydrogens (primary N) is 1. The van der Waals surface area contributed by atoms with Crippen molar-refractivity contribution < 1.29 is 19.2 Å². The van der Waals surface area contributed by atoms with Gasteiger partial charge in [0.25, 0.3) is 0 Å². The summed E-state index contributed by atoms with van der Waals surface area (Å²) in [6.45, 7) is 2.43. The van der Waals surface area contributed by atoms with Crippen LogP contribution in [0.5, 0.6) is 0 Å². The number of piperidine rings is 1. The standard InChI is InChI=1S/C23H28Cl2N4O4/c24-18-3-1-16(15-19(18)25)2-4-20(30)28-11-8-22(32)29(14-13-28)12-7-21(31)27-9-5-17(6-10-27)23(26)33/h1-4,15,17H,5-14H2,(H2,26,33)/b4-2+. The number of rotatable bonds is 6. The highest BCUT2D eigenvalue weighted by Gasteiger charge is 2.27. The Morgan fingerprint density at radius 1 is 1.00 bits per heavy atom. The van der Waals surface area contributed by atoms with Crippen molar-refractivity contribution >= 4 is 52.9 Å². The van der Waals surface area contributed by atoms with Crippen LogP contribution in [-0.2, 0) is 19.2 Å². The number of nitrogens with zero attached hydrogens (tertiary/aromatic N) is 3. The van der Waals surface area contributed by atoms with E-state index in [0.29, 0.717) is 62.2 Å². The maximum absolute atomic E-state index is 12.6. The van der Waals surface area contributed by atoms with Gasteiger partial charge in [0.2, 0.25) is 23.6 Å². The van der Waals surface area contributed by atoms with Crippen LogP contribution in [-0.4, -0.2) is 77.6 Å². The minimum atomic E-state index is -0.317. The fourth-order valence-corrected chi connectivity index (χ4v) is 4.32. The van der Waals surface area contributed by atoms with Crippen LogP contribution in [0.25, 0.3) is 6.08 Å². The topological polar surface area (TPSA) is 104 Å². The van der Waals surface area contributed by atoms with Crippen molar-refractivity contribution in [2.45, 2.75) is 25.7 Å². The molecule has 8 nitrogen and oxygen atoms in total. The Morgan fingerprint density at radius 3 is 2.39 bits per heavy atom. The van der Waals surface area contributed by atoms with Crippen LogP contribution in [0.2, 0.25) is 10.0 Å². The van der Waals surface area contributed by atoms with Gasteiger partial charge in [0.1, 0.15) is 0 Å². The first kappa shape index (κ1) is 25.1. The van der Waals surface area contributed by atoms with Crippen molar-refractivity contribution in [1.29, 1.82) is 0 Å². The summed E-state index contributed by atoms with van der Waals surface area (Å²) in [7, 11) is 0. The van der Waals surface area contributed by atoms with E-state index in [-0.39, 0.29) is 42.4 Å². The third-order valence-electron chi connectivity index (χ3n) is 6.11. The molecule has 10 heteroatoms. The van der Waals surface area contributed by atoms with Crippen molar-refractivity contribution in [2.75, 3.05) is 39.3 Å². The number of primary amides is 1. The minimum absolute atomic E-state index is 0.0348. The lowest BCUT2D eigenvalue weighted by atomic mass is 9.96. The molecule has 0 unspecified atom stereocenters. The molecule has 2 N–H and O–H groups in total. The number of hydrogen-bond acceptors (Lipinski definition) is 4. The molecular formula is C23H28Cl2N4O4. The normalized spacial score (nSPS) is 18.0. The number of carbonyl (C=O) groups excluding carboxylic acids is 4. The molecule has 2 fully saturated rings. The summed E-state index contributed by atoms with van der Waals surface area (Å²) in [5.74, 6) is -0.783. The third-order valence-corrected chi connectivity index (χ3v) is 6.85. The summed E-state index contributed by atoms with van der Waals surface area (Å²) in [6, 6.07) is 5.10. The summed E-state index contributed by atoms with van der Waals surface area (Å²) in [4.78, 5) is 53.9. The predicted octanol–water partition coefficient (Wildman–Crippen LogP) is 2.18. The second-order valence-electron chi connectivity index (χ2n) is 8.27. The van der Waals surface area contributed by atoms with E-state index >= 15 is 0 Å². The van der Waals surface area contributed by atoms with E-state index < -0.39 is 0 Å². The first-order chi connectivity index (χ1) is 15.7. The predicted molar refractivity (Wildman–Crippen MR) is 126 cm³/mol. The van der Waals surface area contributed by atoms with E-state index in [1.54, 1.807) is 39.0 Å². The Hall–Kier alpha value is -2.58. The number of carbonyl (C=O) groups is 4. The third kappa shape index (κ3) is 6.95. The number of halogens is 2. The minimum Gasteiger partial charge on any atom is -0.369 e. The lowest BCUT2D eigenvalue weighted by Gasteiger charge is -2.31. The highest BCUT2D eigenvalue weighted by atomic mass is 35.5. The molecule has 3 rings (SSSR count). The molecule has 4 amide bonds. The van der Waals surface area contributed by atoms with Crippen LogP contribution in [0, 0.1) is 5.92 Å². The maximum Gasteiger partial charge on any atom is 0.246 e. The van der Waals surface area contributed by atoms with Gasteiger partial charge in [-0.15, -0.1) is 0 Å². The molecule has 0 spiro atoms. The molecule has 0 aliphatic carbocycles. The quantitative estimate of drug-likeness (QED) is 0.611. The average molecular weight is 495 g/mol. The monoisotopic (exact) mass is 494 g/mol. The molecule has 2 aliphatic rings. The molecule has 2 heterocycles. The second kappa shape index (κ2) is 11.5. The molecule has 33 heavy (non-hydrogen) atoms. The van der Waals surface area contributed by atoms with Crippen molar-refractivity contribution in [3.63, 3.8) is 0 Å². The highest BCUT2D eigenvalue weighted by molar-refractivity contribution is 6.42. The molecule has 1 aromatic carbocycles. The Kier molecular flexibility index (Phi) is 8.74. The summed E-state index contributed by atoms with van der Waals surface area (Å²) in [5, 5.41) is 0.856. The molecular weight excluding hydrogens is 467 g/mol. The first-order valence-corrected chi connectivity index (χ1v) is 11.8. The van der Waals surface area contributed by atoms with Crippen LogP contribution in [0.1, 0.15) is 31.2 Å². The largest absolute Gasteiger partial charge is 0.369 e. The van der Waals surface area contributed by atoms with Crippen molar-refractivity contribution in [3.8, 4) is 0 Å². The van der Waals surface area contributed by atoms with Gasteiger partial charge in [-0.05, 0) is 36.6 Å². The highest BCUT2D eigenvalue weighted by Crippen LogP contribution is 2.23. The van der Waals surface area contributed by atoms with Gasteiger partial charge in [-0.2, -0.15) is 0 Å². The van der Waals surface area contributed by atoms with Gasteiger partial charge in [0.15, 0.2) is 0 Å². The van der Waals surface area contributed by atoms with Crippen molar-refractivity contribution in [3.05, 3.63) is 39.9 Å². The molecule has 2 aliphatic heterocycles. The van der Waals surface area contributed by atoms with Gasteiger partial charge in [-0.1, -0.05) is 29.3 Å². The Bertz CT molecular complexity index is 944. The summed E-state index contributed by atoms with van der Waals surface area (Å²) in [5.41, 5.74) is 6.09. The van der Waals surface area contributed by atoms with E-state index in [1.165, 1.54) is 6.08 Å². The lowest BCUT2D eigenvalue weighted by molar-refractivity contribution is -0.136. The molecule has 0 saturated carbocycles. The number of amides is 4. The zero-order valence-corrected chi connectivity index (χ0v) is 19.9. The zero-order valence-electron chi connectivity index (χ0n) is 18.3. The van der Waals surface area contributed by atoms with E-state index in [1.807, 2.05) is 0 Å². The number of likely N-dealkylation sites (tertiary alicyclic amines) is 1. The Morgan fingerprint density at radius 2 is 1.73 bits per heavy atom. The SMILES string of the molecule is NC(=O)C1CCN(C(=O)CCN2CCN(C(=O)/C=C/c3ccc(Cl)c(Cl)c3)CCC2=O)CC1. The molecule has 0 aromatic heterocycles. The smallest absolute Gasteiger partial charge is 0.246 e. The van der Waals surface area contributed by atoms with E-state index in [9.17, 15) is 19.2 Å². The summed E-state index contributed by atoms with van der Waals surface area (Å²) in [6.07, 6.45) is 4.71. The van der Waals surface area contributed by atoms with Crippen LogP contribution < -0.4 is 5.73 Å². The van der Waals surface area contributed by atoms with E-state index in [0.717, 1.165) is 5.56 Å². The van der Waals surface area contributed by atoms with Crippen LogP contribution in [0.3, 0.4) is 0 Å². The molecule has 0 bridgehead atoms. The second-order valence-corrected chi connectivity index (χ2v) is 9.08. The van der Waals surface area contributed by atoms with Crippen LogP contribution in [0.4, 0.5) is 0 Å². The van der Waals surface area contributed by atoms with Gasteiger partial charge in [0, 0.05) is 64.1 Å². The molecule has 1 aromatic rings. The summed E-state index contributed by atoms with van der Waals surface area (Å²) >= 11 is 11.9. The lowest BCUT2D eigenvalue weighted by Crippen LogP contribution is -2.43. The molecule has 2 saturated heterocycles. The fourth-order valence-electron chi connectivity index (χ4n) is 4.01. The van der Waals surface area contributed by atoms with E-state index in [2.05, 4.69) is 0 Å². The first-order valence-electron chi connectivity index (χ1n) is 11.0. The zero-order chi connectivity index (χ0) is 24.0. The molecule has 178 valence electrons. The molecule has 0 radical (unpaired) electrons. The Balaban J connectivity index is 1.47. The van der Waals surface area contributed by atoms with Gasteiger partial charge >= 0.3 is 0 Å². The van der Waals surface area contributed by atoms with Crippen LogP contribution >= 0.6 is 23.2 Å². The van der Waals surface area contributed by atoms with Crippen LogP contribution in [0.15, 0.2) is 24.3 Å². The maximum atomic E-state index is 12.6. The van der Waals surface area contributed by atoms with Crippen molar-refractivity contribution in [1.82, 2.24) is 14.7 Å². The van der Waals surface area contributed by atoms with Gasteiger partial charge < -0.3 is 20.4 Å². The summed E-state index contributed by atoms with van der Waals surface area (Å²) < 4.78 is 0. The average Bonchev–Trinajstić information content (AvgIpc) is 2.99. The van der Waals surface area contributed by atoms with Crippen molar-refractivity contribution in [2.24, 2.45) is 11.7 Å². The number of benzene rings is 1.